The number of nitrogens with one attached hydrogen (secondary N) is 1. The normalized spacial score (nSPS) is 11.2. The van der Waals surface area contributed by atoms with Crippen LogP contribution in [0.3, 0.4) is 0 Å². The average molecular weight is 477 g/mol. The molecule has 4 aromatic carbocycles. The number of hydrazone groups is 1. The number of aromatic nitrogens is 2. The Morgan fingerprint density at radius 1 is 0.972 bits per heavy atom. The number of carbonyl (C=O) groups is 1. The summed E-state index contributed by atoms with van der Waals surface area (Å²) in [5.41, 5.74) is 6.78. The Bertz CT molecular complexity index is 1600. The van der Waals surface area contributed by atoms with Crippen molar-refractivity contribution in [2.75, 3.05) is 7.11 Å². The Labute approximate surface area is 208 Å². The van der Waals surface area contributed by atoms with Crippen molar-refractivity contribution in [3.05, 3.63) is 108 Å². The monoisotopic (exact) mass is 476 g/mol. The molecule has 178 valence electrons. The molecule has 0 unspecified atom stereocenters. The second-order valence-corrected chi connectivity index (χ2v) is 8.32. The first-order chi connectivity index (χ1) is 17.5. The van der Waals surface area contributed by atoms with Crippen LogP contribution in [0.25, 0.3) is 27.7 Å². The maximum Gasteiger partial charge on any atom is 0.291 e. The second kappa shape index (κ2) is 9.76. The second-order valence-electron chi connectivity index (χ2n) is 8.32. The number of fused-ring (bicyclic) bond motifs is 1. The summed E-state index contributed by atoms with van der Waals surface area (Å²) >= 11 is 0. The highest BCUT2D eigenvalue weighted by molar-refractivity contribution is 5.95. The first-order valence-electron chi connectivity index (χ1n) is 11.4. The molecule has 1 amide bonds. The maximum atomic E-state index is 13.0. The van der Waals surface area contributed by atoms with Crippen molar-refractivity contribution in [2.45, 2.75) is 6.92 Å². The third kappa shape index (κ3) is 4.54. The van der Waals surface area contributed by atoms with Gasteiger partial charge in [-0.25, -0.2) is 10.1 Å². The first kappa shape index (κ1) is 22.9. The number of hydrogen-bond acceptors (Lipinski definition) is 5. The van der Waals surface area contributed by atoms with Gasteiger partial charge in [0.25, 0.3) is 5.91 Å². The van der Waals surface area contributed by atoms with Crippen molar-refractivity contribution in [2.24, 2.45) is 5.10 Å². The van der Waals surface area contributed by atoms with Gasteiger partial charge in [0.15, 0.2) is 17.2 Å². The highest BCUT2D eigenvalue weighted by atomic mass is 16.5. The Morgan fingerprint density at radius 2 is 1.78 bits per heavy atom. The quantitative estimate of drug-likeness (QED) is 0.251. The summed E-state index contributed by atoms with van der Waals surface area (Å²) in [5, 5.41) is 21.1. The Hall–Kier alpha value is -4.91. The third-order valence-electron chi connectivity index (χ3n) is 5.85. The summed E-state index contributed by atoms with van der Waals surface area (Å²) in [5.74, 6) is -0.204. The molecule has 0 aliphatic rings. The van der Waals surface area contributed by atoms with Gasteiger partial charge < -0.3 is 9.84 Å². The van der Waals surface area contributed by atoms with Crippen molar-refractivity contribution >= 4 is 22.9 Å². The predicted molar refractivity (Wildman–Crippen MR) is 141 cm³/mol. The Balaban J connectivity index is 1.49. The number of benzene rings is 4. The van der Waals surface area contributed by atoms with Gasteiger partial charge in [-0.2, -0.15) is 10.2 Å². The lowest BCUT2D eigenvalue weighted by Crippen LogP contribution is -2.18. The van der Waals surface area contributed by atoms with E-state index >= 15 is 0 Å². The van der Waals surface area contributed by atoms with E-state index in [1.54, 1.807) is 28.9 Å². The standard InChI is InChI=1S/C29H24N4O3/c1-19-7-5-11-24(15-19)33-26(22-14-13-20-8-3-4-9-21(20)16-22)17-25(32-33)29(35)31-30-18-23-10-6-12-27(36-2)28(23)34/h3-18,34H,1-2H3,(H,31,35)/b30-18-. The number of amides is 1. The summed E-state index contributed by atoms with van der Waals surface area (Å²) in [6, 6.07) is 29.0. The lowest BCUT2D eigenvalue weighted by atomic mass is 10.0. The van der Waals surface area contributed by atoms with Crippen LogP contribution in [0, 0.1) is 6.92 Å². The minimum atomic E-state index is -0.470. The van der Waals surface area contributed by atoms with Crippen molar-refractivity contribution in [3.8, 4) is 28.4 Å². The lowest BCUT2D eigenvalue weighted by molar-refractivity contribution is 0.0949. The number of aromatic hydroxyl groups is 1. The van der Waals surface area contributed by atoms with Crippen molar-refractivity contribution < 1.29 is 14.6 Å². The van der Waals surface area contributed by atoms with Gasteiger partial charge in [-0.1, -0.05) is 54.6 Å². The highest BCUT2D eigenvalue weighted by Crippen LogP contribution is 2.29. The Morgan fingerprint density at radius 3 is 2.58 bits per heavy atom. The van der Waals surface area contributed by atoms with Crippen molar-refractivity contribution in [1.82, 2.24) is 15.2 Å². The molecule has 1 aromatic heterocycles. The van der Waals surface area contributed by atoms with E-state index in [9.17, 15) is 9.90 Å². The van der Waals surface area contributed by atoms with Crippen LogP contribution in [0.4, 0.5) is 0 Å². The maximum absolute atomic E-state index is 13.0. The van der Waals surface area contributed by atoms with Crippen LogP contribution in [-0.2, 0) is 0 Å². The topological polar surface area (TPSA) is 88.7 Å². The number of nitrogens with zero attached hydrogens (tertiary/aromatic N) is 3. The molecule has 5 rings (SSSR count). The number of phenols is 1. The third-order valence-corrected chi connectivity index (χ3v) is 5.85. The van der Waals surface area contributed by atoms with Gasteiger partial charge in [-0.15, -0.1) is 0 Å². The number of methoxy groups -OCH3 is 1. The number of phenolic OH excluding ortho intramolecular Hbond substituents is 1. The molecular formula is C29H24N4O3. The summed E-state index contributed by atoms with van der Waals surface area (Å²) in [6.45, 7) is 2.01. The van der Waals surface area contributed by atoms with E-state index in [-0.39, 0.29) is 11.4 Å². The van der Waals surface area contributed by atoms with Crippen LogP contribution in [0.2, 0.25) is 0 Å². The predicted octanol–water partition coefficient (Wildman–Crippen LogP) is 5.48. The molecule has 0 radical (unpaired) electrons. The van der Waals surface area contributed by atoms with Gasteiger partial charge in [0.05, 0.1) is 24.7 Å². The number of aryl methyl sites for hydroxylation is 1. The molecule has 0 atom stereocenters. The van der Waals surface area contributed by atoms with E-state index in [2.05, 4.69) is 39.9 Å². The van der Waals surface area contributed by atoms with Gasteiger partial charge in [-0.3, -0.25) is 4.79 Å². The van der Waals surface area contributed by atoms with E-state index in [0.717, 1.165) is 33.3 Å². The van der Waals surface area contributed by atoms with Crippen LogP contribution in [0.15, 0.2) is 96.1 Å². The minimum absolute atomic E-state index is 0.0553. The van der Waals surface area contributed by atoms with E-state index in [1.165, 1.54) is 13.3 Å². The molecule has 0 bridgehead atoms. The van der Waals surface area contributed by atoms with E-state index in [0.29, 0.717) is 11.3 Å². The zero-order chi connectivity index (χ0) is 25.1. The minimum Gasteiger partial charge on any atom is -0.504 e. The van der Waals surface area contributed by atoms with Gasteiger partial charge in [0, 0.05) is 11.1 Å². The molecule has 2 N–H and O–H groups in total. The smallest absolute Gasteiger partial charge is 0.291 e. The number of para-hydroxylation sites is 1. The fourth-order valence-corrected chi connectivity index (χ4v) is 4.03. The molecule has 5 aromatic rings. The molecule has 0 spiro atoms. The molecule has 1 heterocycles. The van der Waals surface area contributed by atoms with Crippen LogP contribution >= 0.6 is 0 Å². The summed E-state index contributed by atoms with van der Waals surface area (Å²) in [4.78, 5) is 13.0. The van der Waals surface area contributed by atoms with Gasteiger partial charge in [0.2, 0.25) is 0 Å². The number of hydrogen-bond donors (Lipinski definition) is 2. The van der Waals surface area contributed by atoms with E-state index < -0.39 is 5.91 Å². The van der Waals surface area contributed by atoms with Gasteiger partial charge in [-0.05, 0) is 59.7 Å². The largest absolute Gasteiger partial charge is 0.504 e. The molecule has 0 aliphatic heterocycles. The number of rotatable bonds is 6. The highest BCUT2D eigenvalue weighted by Gasteiger charge is 2.17. The number of carbonyl (C=O) groups excluding carboxylic acids is 1. The van der Waals surface area contributed by atoms with Crippen molar-refractivity contribution in [1.29, 1.82) is 0 Å². The lowest BCUT2D eigenvalue weighted by Gasteiger charge is -2.09. The molecule has 0 saturated carbocycles. The Kier molecular flexibility index (Phi) is 6.19. The number of ether oxygens (including phenoxy) is 1. The summed E-state index contributed by atoms with van der Waals surface area (Å²) in [7, 11) is 1.47. The van der Waals surface area contributed by atoms with Crippen LogP contribution in [0.5, 0.6) is 11.5 Å². The van der Waals surface area contributed by atoms with Crippen molar-refractivity contribution in [3.63, 3.8) is 0 Å². The first-order valence-corrected chi connectivity index (χ1v) is 11.4. The molecular weight excluding hydrogens is 452 g/mol. The fraction of sp³-hybridized carbons (Fsp3) is 0.0690. The molecule has 7 heteroatoms. The van der Waals surface area contributed by atoms with Gasteiger partial charge in [0.1, 0.15) is 0 Å². The van der Waals surface area contributed by atoms with Gasteiger partial charge >= 0.3 is 0 Å². The van der Waals surface area contributed by atoms with Crippen LogP contribution < -0.4 is 10.2 Å². The van der Waals surface area contributed by atoms with Crippen LogP contribution in [0.1, 0.15) is 21.6 Å². The molecule has 0 fully saturated rings. The van der Waals surface area contributed by atoms with E-state index in [4.69, 9.17) is 4.74 Å². The summed E-state index contributed by atoms with van der Waals surface area (Å²) < 4.78 is 6.87. The fourth-order valence-electron chi connectivity index (χ4n) is 4.03. The van der Waals surface area contributed by atoms with E-state index in [1.807, 2.05) is 49.4 Å². The molecule has 36 heavy (non-hydrogen) atoms. The van der Waals surface area contributed by atoms with Crippen LogP contribution in [-0.4, -0.2) is 34.1 Å². The zero-order valence-corrected chi connectivity index (χ0v) is 19.8. The molecule has 0 saturated heterocycles. The molecule has 0 aliphatic carbocycles. The SMILES string of the molecule is COc1cccc(/C=N\NC(=O)c2cc(-c3ccc4ccccc4c3)n(-c3cccc(C)c3)n2)c1O. The average Bonchev–Trinajstić information content (AvgIpc) is 3.35. The zero-order valence-electron chi connectivity index (χ0n) is 19.8. The molecule has 7 nitrogen and oxygen atoms in total. The summed E-state index contributed by atoms with van der Waals surface area (Å²) in [6.07, 6.45) is 1.36.